The Hall–Kier alpha value is -0.160. The van der Waals surface area contributed by atoms with E-state index < -0.39 is 12.2 Å². The summed E-state index contributed by atoms with van der Waals surface area (Å²) in [5, 5.41) is 34.2. The average Bonchev–Trinajstić information content (AvgIpc) is 2.26. The molecule has 0 aromatic carbocycles. The molecule has 0 amide bonds. The SMILES string of the molecule is CCCC(O)C(C)O.OCCCCCCO. The van der Waals surface area contributed by atoms with Crippen molar-refractivity contribution in [3.63, 3.8) is 0 Å². The van der Waals surface area contributed by atoms with Crippen LogP contribution in [0.5, 0.6) is 0 Å². The highest BCUT2D eigenvalue weighted by Crippen LogP contribution is 1.99. The molecule has 4 nitrogen and oxygen atoms in total. The van der Waals surface area contributed by atoms with Gasteiger partial charge in [0, 0.05) is 13.2 Å². The van der Waals surface area contributed by atoms with Gasteiger partial charge in [0.2, 0.25) is 0 Å². The van der Waals surface area contributed by atoms with E-state index in [9.17, 15) is 0 Å². The first-order chi connectivity index (χ1) is 7.59. The van der Waals surface area contributed by atoms with Crippen LogP contribution in [-0.4, -0.2) is 45.8 Å². The normalized spacial score (nSPS) is 13.9. The first-order valence-electron chi connectivity index (χ1n) is 6.17. The molecule has 0 spiro atoms. The highest BCUT2D eigenvalue weighted by molar-refractivity contribution is 4.59. The molecule has 0 heterocycles. The summed E-state index contributed by atoms with van der Waals surface area (Å²) < 4.78 is 0. The van der Waals surface area contributed by atoms with Gasteiger partial charge in [-0.05, 0) is 26.2 Å². The van der Waals surface area contributed by atoms with Crippen LogP contribution in [-0.2, 0) is 0 Å². The number of hydrogen-bond acceptors (Lipinski definition) is 4. The minimum absolute atomic E-state index is 0.283. The van der Waals surface area contributed by atoms with Gasteiger partial charge in [-0.1, -0.05) is 26.2 Å². The highest BCUT2D eigenvalue weighted by atomic mass is 16.3. The van der Waals surface area contributed by atoms with E-state index in [2.05, 4.69) is 0 Å². The Balaban J connectivity index is 0. The van der Waals surface area contributed by atoms with E-state index in [1.807, 2.05) is 6.92 Å². The van der Waals surface area contributed by atoms with Gasteiger partial charge < -0.3 is 20.4 Å². The number of aliphatic hydroxyl groups excluding tert-OH is 4. The van der Waals surface area contributed by atoms with Gasteiger partial charge in [0.15, 0.2) is 0 Å². The Labute approximate surface area is 98.9 Å². The molecule has 0 rings (SSSR count). The van der Waals surface area contributed by atoms with Crippen LogP contribution in [0.2, 0.25) is 0 Å². The summed E-state index contributed by atoms with van der Waals surface area (Å²) in [6.45, 7) is 4.14. The van der Waals surface area contributed by atoms with E-state index in [4.69, 9.17) is 20.4 Å². The molecule has 0 aliphatic heterocycles. The fraction of sp³-hybridized carbons (Fsp3) is 1.00. The molecule has 0 saturated carbocycles. The zero-order chi connectivity index (χ0) is 12.8. The largest absolute Gasteiger partial charge is 0.396 e. The summed E-state index contributed by atoms with van der Waals surface area (Å²) >= 11 is 0. The van der Waals surface area contributed by atoms with E-state index in [-0.39, 0.29) is 13.2 Å². The molecule has 4 heteroatoms. The van der Waals surface area contributed by atoms with Crippen LogP contribution in [0.15, 0.2) is 0 Å². The van der Waals surface area contributed by atoms with Crippen molar-refractivity contribution in [1.82, 2.24) is 0 Å². The first-order valence-corrected chi connectivity index (χ1v) is 6.17. The van der Waals surface area contributed by atoms with Gasteiger partial charge in [0.05, 0.1) is 12.2 Å². The lowest BCUT2D eigenvalue weighted by molar-refractivity contribution is 0.0259. The van der Waals surface area contributed by atoms with Crippen LogP contribution in [0.25, 0.3) is 0 Å². The molecule has 16 heavy (non-hydrogen) atoms. The van der Waals surface area contributed by atoms with Crippen LogP contribution in [0.3, 0.4) is 0 Å². The monoisotopic (exact) mass is 236 g/mol. The van der Waals surface area contributed by atoms with Crippen molar-refractivity contribution in [2.45, 2.75) is 64.6 Å². The number of rotatable bonds is 8. The van der Waals surface area contributed by atoms with Gasteiger partial charge in [-0.25, -0.2) is 0 Å². The molecular weight excluding hydrogens is 208 g/mol. The number of hydrogen-bond donors (Lipinski definition) is 4. The Kier molecular flexibility index (Phi) is 16.9. The van der Waals surface area contributed by atoms with Crippen molar-refractivity contribution >= 4 is 0 Å². The van der Waals surface area contributed by atoms with E-state index in [1.165, 1.54) is 0 Å². The molecule has 0 aliphatic carbocycles. The molecule has 100 valence electrons. The van der Waals surface area contributed by atoms with Crippen molar-refractivity contribution < 1.29 is 20.4 Å². The van der Waals surface area contributed by atoms with Crippen LogP contribution in [0.4, 0.5) is 0 Å². The molecule has 0 saturated heterocycles. The number of unbranched alkanes of at least 4 members (excludes halogenated alkanes) is 3. The van der Waals surface area contributed by atoms with Crippen LogP contribution in [0.1, 0.15) is 52.4 Å². The van der Waals surface area contributed by atoms with E-state index in [0.29, 0.717) is 6.42 Å². The van der Waals surface area contributed by atoms with Gasteiger partial charge in [0.25, 0.3) is 0 Å². The fourth-order valence-corrected chi connectivity index (χ4v) is 1.11. The zero-order valence-corrected chi connectivity index (χ0v) is 10.6. The van der Waals surface area contributed by atoms with Crippen molar-refractivity contribution in [1.29, 1.82) is 0 Å². The average molecular weight is 236 g/mol. The maximum Gasteiger partial charge on any atom is 0.0796 e. The summed E-state index contributed by atoms with van der Waals surface area (Å²) in [5.74, 6) is 0. The third-order valence-corrected chi connectivity index (χ3v) is 2.21. The lowest BCUT2D eigenvalue weighted by Crippen LogP contribution is -2.21. The second-order valence-corrected chi connectivity index (χ2v) is 3.96. The quantitative estimate of drug-likeness (QED) is 0.475. The van der Waals surface area contributed by atoms with Gasteiger partial charge in [-0.15, -0.1) is 0 Å². The maximum atomic E-state index is 8.88. The van der Waals surface area contributed by atoms with Gasteiger partial charge in [-0.3, -0.25) is 0 Å². The molecule has 0 bridgehead atoms. The van der Waals surface area contributed by atoms with Crippen LogP contribution >= 0.6 is 0 Å². The summed E-state index contributed by atoms with van der Waals surface area (Å²) in [6.07, 6.45) is 4.34. The smallest absolute Gasteiger partial charge is 0.0796 e. The second-order valence-electron chi connectivity index (χ2n) is 3.96. The molecule has 0 radical (unpaired) electrons. The maximum absolute atomic E-state index is 8.88. The van der Waals surface area contributed by atoms with E-state index >= 15 is 0 Å². The topological polar surface area (TPSA) is 80.9 Å². The Morgan fingerprint density at radius 3 is 1.50 bits per heavy atom. The third kappa shape index (κ3) is 16.3. The van der Waals surface area contributed by atoms with Crippen LogP contribution < -0.4 is 0 Å². The summed E-state index contributed by atoms with van der Waals surface area (Å²) in [4.78, 5) is 0. The Morgan fingerprint density at radius 1 is 0.875 bits per heavy atom. The standard InChI is InChI=1S/2C6H14O2/c1-3-4-6(8)5(2)7;7-5-3-1-2-4-6-8/h5-8H,3-4H2,1-2H3;7-8H,1-6H2. The van der Waals surface area contributed by atoms with Crippen LogP contribution in [0, 0.1) is 0 Å². The van der Waals surface area contributed by atoms with E-state index in [0.717, 1.165) is 32.1 Å². The predicted molar refractivity (Wildman–Crippen MR) is 65.2 cm³/mol. The fourth-order valence-electron chi connectivity index (χ4n) is 1.11. The minimum Gasteiger partial charge on any atom is -0.396 e. The Bertz CT molecular complexity index is 112. The molecule has 0 aromatic heterocycles. The van der Waals surface area contributed by atoms with E-state index in [1.54, 1.807) is 6.92 Å². The summed E-state index contributed by atoms with van der Waals surface area (Å²) in [5.41, 5.74) is 0. The Morgan fingerprint density at radius 2 is 1.31 bits per heavy atom. The molecule has 4 N–H and O–H groups in total. The zero-order valence-electron chi connectivity index (χ0n) is 10.6. The van der Waals surface area contributed by atoms with Gasteiger partial charge in [-0.2, -0.15) is 0 Å². The molecule has 2 unspecified atom stereocenters. The van der Waals surface area contributed by atoms with Gasteiger partial charge >= 0.3 is 0 Å². The molecule has 2 atom stereocenters. The highest BCUT2D eigenvalue weighted by Gasteiger charge is 2.07. The third-order valence-electron chi connectivity index (χ3n) is 2.21. The van der Waals surface area contributed by atoms with Crippen molar-refractivity contribution in [3.8, 4) is 0 Å². The number of aliphatic hydroxyl groups is 4. The van der Waals surface area contributed by atoms with Crippen molar-refractivity contribution in [3.05, 3.63) is 0 Å². The van der Waals surface area contributed by atoms with Gasteiger partial charge in [0.1, 0.15) is 0 Å². The molecule has 0 aromatic rings. The predicted octanol–water partition coefficient (Wildman–Crippen LogP) is 1.06. The lowest BCUT2D eigenvalue weighted by Gasteiger charge is -2.10. The molecule has 0 fully saturated rings. The van der Waals surface area contributed by atoms with Crippen molar-refractivity contribution in [2.24, 2.45) is 0 Å². The lowest BCUT2D eigenvalue weighted by atomic mass is 10.1. The minimum atomic E-state index is -0.574. The first kappa shape index (κ1) is 18.2. The van der Waals surface area contributed by atoms with Crippen molar-refractivity contribution in [2.75, 3.05) is 13.2 Å². The molecular formula is C12H28O4. The summed E-state index contributed by atoms with van der Waals surface area (Å²) in [6, 6.07) is 0. The summed E-state index contributed by atoms with van der Waals surface area (Å²) in [7, 11) is 0. The molecule has 0 aliphatic rings. The second kappa shape index (κ2) is 14.8.